The second-order valence-corrected chi connectivity index (χ2v) is 11.0. The van der Waals surface area contributed by atoms with Gasteiger partial charge in [0.1, 0.15) is 11.5 Å². The van der Waals surface area contributed by atoms with Gasteiger partial charge in [-0.15, -0.1) is 0 Å². The molecule has 0 radical (unpaired) electrons. The average Bonchev–Trinajstić information content (AvgIpc) is 3.35. The van der Waals surface area contributed by atoms with Crippen molar-refractivity contribution < 1.29 is 13.7 Å². The lowest BCUT2D eigenvalue weighted by Crippen LogP contribution is -2.22. The Kier molecular flexibility index (Phi) is 8.19. The quantitative estimate of drug-likeness (QED) is 0.268. The Bertz CT molecular complexity index is 1600. The molecule has 0 aliphatic carbocycles. The molecule has 2 amide bonds. The lowest BCUT2D eigenvalue weighted by molar-refractivity contribution is 0.261. The molecule has 3 aromatic heterocycles. The van der Waals surface area contributed by atoms with Crippen LogP contribution in [0.1, 0.15) is 38.4 Å². The number of anilines is 3. The van der Waals surface area contributed by atoms with E-state index in [0.717, 1.165) is 13.0 Å². The Labute approximate surface area is 231 Å². The van der Waals surface area contributed by atoms with Crippen molar-refractivity contribution in [2.75, 3.05) is 43.1 Å². The molecule has 0 fully saturated rings. The number of benzene rings is 1. The topological polar surface area (TPSA) is 130 Å². The minimum atomic E-state index is -0.712. The maximum atomic E-state index is 14.9. The molecule has 4 aromatic rings. The Hall–Kier alpha value is -4.32. The monoisotopic (exact) mass is 550 g/mol. The van der Waals surface area contributed by atoms with E-state index in [0.29, 0.717) is 45.9 Å². The van der Waals surface area contributed by atoms with Crippen LogP contribution in [0, 0.1) is 12.7 Å². The summed E-state index contributed by atoms with van der Waals surface area (Å²) < 4.78 is 21.5. The van der Waals surface area contributed by atoms with E-state index < -0.39 is 11.8 Å². The number of nitrogens with one attached hydrogen (secondary N) is 3. The molecule has 0 atom stereocenters. The van der Waals surface area contributed by atoms with Crippen LogP contribution in [-0.4, -0.2) is 57.8 Å². The predicted octanol–water partition coefficient (Wildman–Crippen LogP) is 4.74. The van der Waals surface area contributed by atoms with Gasteiger partial charge in [-0.1, -0.05) is 25.9 Å². The SMILES string of the molecule is Cc1cc(F)c(NC(=O)Nc2cc(C(C)(C)C)no2)cc1-c1cc2cnc(NCCCN(C)C)nc2n(C)c1=O. The molecule has 3 N–H and O–H groups in total. The summed E-state index contributed by atoms with van der Waals surface area (Å²) in [4.78, 5) is 37.0. The fourth-order valence-electron chi connectivity index (χ4n) is 4.13. The highest BCUT2D eigenvalue weighted by Crippen LogP contribution is 2.29. The molecule has 212 valence electrons. The van der Waals surface area contributed by atoms with Gasteiger partial charge in [-0.2, -0.15) is 4.98 Å². The predicted molar refractivity (Wildman–Crippen MR) is 154 cm³/mol. The van der Waals surface area contributed by atoms with E-state index in [1.165, 1.54) is 16.7 Å². The van der Waals surface area contributed by atoms with Gasteiger partial charge in [0.05, 0.1) is 11.4 Å². The second kappa shape index (κ2) is 11.4. The normalized spacial score (nSPS) is 11.7. The van der Waals surface area contributed by atoms with E-state index in [1.54, 1.807) is 32.3 Å². The van der Waals surface area contributed by atoms with E-state index >= 15 is 0 Å². The summed E-state index contributed by atoms with van der Waals surface area (Å²) in [6, 6.07) is 5.30. The van der Waals surface area contributed by atoms with Gasteiger partial charge in [0.25, 0.3) is 5.56 Å². The highest BCUT2D eigenvalue weighted by atomic mass is 19.1. The molecule has 3 heterocycles. The summed E-state index contributed by atoms with van der Waals surface area (Å²) in [6.07, 6.45) is 2.56. The Morgan fingerprint density at radius 3 is 2.55 bits per heavy atom. The van der Waals surface area contributed by atoms with Crippen molar-refractivity contribution in [1.29, 1.82) is 0 Å². The third kappa shape index (κ3) is 6.45. The molecule has 0 saturated heterocycles. The van der Waals surface area contributed by atoms with Gasteiger partial charge in [0.2, 0.25) is 11.8 Å². The van der Waals surface area contributed by atoms with Crippen LogP contribution in [0.25, 0.3) is 22.2 Å². The van der Waals surface area contributed by atoms with Crippen LogP contribution in [0.5, 0.6) is 0 Å². The van der Waals surface area contributed by atoms with Crippen molar-refractivity contribution in [2.24, 2.45) is 7.05 Å². The lowest BCUT2D eigenvalue weighted by Gasteiger charge is -2.14. The number of hydrogen-bond acceptors (Lipinski definition) is 8. The molecular formula is C28H35FN8O3. The molecule has 11 nitrogen and oxygen atoms in total. The molecule has 0 aliphatic rings. The Balaban J connectivity index is 1.59. The zero-order chi connectivity index (χ0) is 29.2. The molecule has 0 spiro atoms. The molecule has 0 bridgehead atoms. The van der Waals surface area contributed by atoms with Gasteiger partial charge >= 0.3 is 6.03 Å². The van der Waals surface area contributed by atoms with Crippen molar-refractivity contribution in [3.05, 3.63) is 57.9 Å². The zero-order valence-electron chi connectivity index (χ0n) is 23.8. The van der Waals surface area contributed by atoms with Crippen LogP contribution >= 0.6 is 0 Å². The molecule has 0 unspecified atom stereocenters. The molecule has 1 aromatic carbocycles. The average molecular weight is 551 g/mol. The lowest BCUT2D eigenvalue weighted by atomic mass is 9.92. The van der Waals surface area contributed by atoms with Crippen LogP contribution in [0.4, 0.5) is 26.7 Å². The number of urea groups is 1. The van der Waals surface area contributed by atoms with Crippen LogP contribution in [-0.2, 0) is 12.5 Å². The van der Waals surface area contributed by atoms with Gasteiger partial charge in [-0.3, -0.25) is 14.7 Å². The number of rotatable bonds is 8. The molecule has 12 heteroatoms. The summed E-state index contributed by atoms with van der Waals surface area (Å²) in [5, 5.41) is 12.8. The first-order valence-corrected chi connectivity index (χ1v) is 12.9. The van der Waals surface area contributed by atoms with Crippen molar-refractivity contribution in [2.45, 2.75) is 39.5 Å². The Morgan fingerprint density at radius 2 is 1.88 bits per heavy atom. The summed E-state index contributed by atoms with van der Waals surface area (Å²) in [5.74, 6) is -0.0775. The summed E-state index contributed by atoms with van der Waals surface area (Å²) in [7, 11) is 5.65. The van der Waals surface area contributed by atoms with Crippen LogP contribution in [0.15, 0.2) is 39.8 Å². The largest absolute Gasteiger partial charge is 0.354 e. The number of fused-ring (bicyclic) bond motifs is 1. The first-order valence-electron chi connectivity index (χ1n) is 12.9. The number of aryl methyl sites for hydroxylation is 2. The highest BCUT2D eigenvalue weighted by molar-refractivity contribution is 5.99. The van der Waals surface area contributed by atoms with E-state index in [1.807, 2.05) is 34.9 Å². The maximum Gasteiger partial charge on any atom is 0.326 e. The molecule has 40 heavy (non-hydrogen) atoms. The van der Waals surface area contributed by atoms with Crippen molar-refractivity contribution in [3.8, 4) is 11.1 Å². The smallest absolute Gasteiger partial charge is 0.326 e. The van der Waals surface area contributed by atoms with Gasteiger partial charge in [0, 0.05) is 42.2 Å². The molecule has 4 rings (SSSR count). The van der Waals surface area contributed by atoms with Crippen molar-refractivity contribution in [1.82, 2.24) is 24.6 Å². The van der Waals surface area contributed by atoms with Crippen LogP contribution in [0.3, 0.4) is 0 Å². The van der Waals surface area contributed by atoms with Crippen molar-refractivity contribution in [3.63, 3.8) is 0 Å². The number of hydrogen-bond donors (Lipinski definition) is 3. The standard InChI is InChI=1S/C28H35FN8O3/c1-16-11-20(29)21(32-27(39)33-23-14-22(35-40-23)28(2,3)4)13-18(16)19-12-17-15-31-26(30-9-8-10-36(5)6)34-24(17)37(7)25(19)38/h11-15H,8-10H2,1-7H3,(H,30,31,34)(H2,32,33,39). The number of carbonyl (C=O) groups is 1. The number of amides is 2. The third-order valence-electron chi connectivity index (χ3n) is 6.38. The second-order valence-electron chi connectivity index (χ2n) is 11.0. The number of carbonyl (C=O) groups excluding carboxylic acids is 1. The van der Waals surface area contributed by atoms with E-state index in [-0.39, 0.29) is 22.5 Å². The molecule has 0 aliphatic heterocycles. The zero-order valence-corrected chi connectivity index (χ0v) is 23.8. The minimum Gasteiger partial charge on any atom is -0.354 e. The number of pyridine rings is 1. The molecular weight excluding hydrogens is 515 g/mol. The number of halogens is 1. The van der Waals surface area contributed by atoms with E-state index in [4.69, 9.17) is 4.52 Å². The number of aromatic nitrogens is 4. The summed E-state index contributed by atoms with van der Waals surface area (Å²) in [6.45, 7) is 9.21. The Morgan fingerprint density at radius 1 is 1.12 bits per heavy atom. The number of nitrogens with zero attached hydrogens (tertiary/aromatic N) is 5. The minimum absolute atomic E-state index is 0.0932. The fraction of sp³-hybridized carbons (Fsp3) is 0.393. The maximum absolute atomic E-state index is 14.9. The third-order valence-corrected chi connectivity index (χ3v) is 6.38. The summed E-state index contributed by atoms with van der Waals surface area (Å²) in [5.41, 5.74) is 1.79. The van der Waals surface area contributed by atoms with E-state index in [9.17, 15) is 14.0 Å². The van der Waals surface area contributed by atoms with Gasteiger partial charge in [0.15, 0.2) is 0 Å². The first-order chi connectivity index (χ1) is 18.8. The van der Waals surface area contributed by atoms with Crippen LogP contribution in [0.2, 0.25) is 0 Å². The summed E-state index contributed by atoms with van der Waals surface area (Å²) >= 11 is 0. The van der Waals surface area contributed by atoms with Gasteiger partial charge < -0.3 is 20.1 Å². The van der Waals surface area contributed by atoms with Gasteiger partial charge in [-0.05, 0) is 63.3 Å². The fourth-order valence-corrected chi connectivity index (χ4v) is 4.13. The first kappa shape index (κ1) is 28.7. The van der Waals surface area contributed by atoms with E-state index in [2.05, 4.69) is 36.0 Å². The molecule has 0 saturated carbocycles. The van der Waals surface area contributed by atoms with Gasteiger partial charge in [-0.25, -0.2) is 14.2 Å². The van der Waals surface area contributed by atoms with Crippen molar-refractivity contribution >= 4 is 34.6 Å². The highest BCUT2D eigenvalue weighted by Gasteiger charge is 2.21. The van der Waals surface area contributed by atoms with Crippen LogP contribution < -0.4 is 21.5 Å².